The molecule has 1 heterocycles. The summed E-state index contributed by atoms with van der Waals surface area (Å²) < 4.78 is 12.0. The molecule has 3 saturated carbocycles. The fraction of sp³-hybridized carbons (Fsp3) is 0.864. The van der Waals surface area contributed by atoms with Crippen LogP contribution in [0.15, 0.2) is 11.6 Å². The molecule has 0 unspecified atom stereocenters. The van der Waals surface area contributed by atoms with Crippen LogP contribution in [0.25, 0.3) is 0 Å². The lowest BCUT2D eigenvalue weighted by atomic mass is 9.47. The summed E-state index contributed by atoms with van der Waals surface area (Å²) in [6.45, 7) is 6.10. The Morgan fingerprint density at radius 3 is 2.54 bits per heavy atom. The zero-order valence-corrected chi connectivity index (χ0v) is 16.1. The Bertz CT molecular complexity index is 690. The summed E-state index contributed by atoms with van der Waals surface area (Å²) in [4.78, 5) is 0. The third kappa shape index (κ3) is 2.00. The molecule has 5 rings (SSSR count). The maximum absolute atomic E-state index is 11.0. The summed E-state index contributed by atoms with van der Waals surface area (Å²) in [7, 11) is 0. The zero-order valence-electron chi connectivity index (χ0n) is 16.1. The number of ether oxygens (including phenoxy) is 2. The van der Waals surface area contributed by atoms with Crippen LogP contribution in [0.3, 0.4) is 0 Å². The van der Waals surface area contributed by atoms with E-state index in [1.54, 1.807) is 5.57 Å². The van der Waals surface area contributed by atoms with Crippen LogP contribution in [-0.4, -0.2) is 29.7 Å². The molecular weight excluding hydrogens is 326 g/mol. The van der Waals surface area contributed by atoms with Crippen LogP contribution < -0.4 is 0 Å². The molecule has 142 valence electrons. The molecule has 1 aliphatic heterocycles. The summed E-state index contributed by atoms with van der Waals surface area (Å²) in [5.74, 6) is 1.38. The minimum atomic E-state index is -1.13. The molecule has 4 aliphatic carbocycles. The molecule has 1 N–H and O–H groups in total. The van der Waals surface area contributed by atoms with E-state index in [1.165, 1.54) is 0 Å². The van der Waals surface area contributed by atoms with Crippen molar-refractivity contribution in [3.63, 3.8) is 0 Å². The molecule has 4 fully saturated rings. The van der Waals surface area contributed by atoms with Crippen molar-refractivity contribution >= 4 is 0 Å². The van der Waals surface area contributed by atoms with Gasteiger partial charge in [-0.2, -0.15) is 5.26 Å². The summed E-state index contributed by atoms with van der Waals surface area (Å²) >= 11 is 0. The van der Waals surface area contributed by atoms with Crippen molar-refractivity contribution in [2.45, 2.75) is 76.6 Å². The van der Waals surface area contributed by atoms with E-state index >= 15 is 0 Å². The normalized spacial score (nSPS) is 51.9. The lowest BCUT2D eigenvalue weighted by Crippen LogP contribution is -2.55. The number of hydrogen-bond donors (Lipinski definition) is 1. The molecule has 26 heavy (non-hydrogen) atoms. The number of fused-ring (bicyclic) bond motifs is 5. The van der Waals surface area contributed by atoms with Crippen molar-refractivity contribution in [3.05, 3.63) is 11.6 Å². The molecule has 0 aromatic heterocycles. The smallest absolute Gasteiger partial charge is 0.172 e. The summed E-state index contributed by atoms with van der Waals surface area (Å²) in [5, 5.41) is 20.6. The average molecular weight is 357 g/mol. The minimum absolute atomic E-state index is 0.234. The predicted octanol–water partition coefficient (Wildman–Crippen LogP) is 3.95. The Labute approximate surface area is 156 Å². The second-order valence-corrected chi connectivity index (χ2v) is 10.0. The molecular formula is C22H31NO3. The van der Waals surface area contributed by atoms with E-state index in [2.05, 4.69) is 26.0 Å². The van der Waals surface area contributed by atoms with Crippen LogP contribution >= 0.6 is 0 Å². The van der Waals surface area contributed by atoms with E-state index in [9.17, 15) is 10.4 Å². The van der Waals surface area contributed by atoms with Gasteiger partial charge in [0.1, 0.15) is 0 Å². The second-order valence-electron chi connectivity index (χ2n) is 10.0. The fourth-order valence-electron chi connectivity index (χ4n) is 7.55. The number of nitriles is 1. The van der Waals surface area contributed by atoms with Crippen LogP contribution in [0.5, 0.6) is 0 Å². The van der Waals surface area contributed by atoms with Gasteiger partial charge in [-0.3, -0.25) is 0 Å². The molecule has 1 spiro atoms. The highest BCUT2D eigenvalue weighted by atomic mass is 16.7. The molecule has 0 bridgehead atoms. The highest BCUT2D eigenvalue weighted by molar-refractivity contribution is 5.28. The highest BCUT2D eigenvalue weighted by Crippen LogP contribution is 2.67. The van der Waals surface area contributed by atoms with Crippen molar-refractivity contribution in [3.8, 4) is 6.07 Å². The van der Waals surface area contributed by atoms with Crippen molar-refractivity contribution in [1.82, 2.24) is 0 Å². The van der Waals surface area contributed by atoms with Crippen molar-refractivity contribution in [2.24, 2.45) is 28.6 Å². The molecule has 0 aromatic carbocycles. The van der Waals surface area contributed by atoms with Crippen LogP contribution in [0.1, 0.15) is 65.2 Å². The molecule has 0 aromatic rings. The van der Waals surface area contributed by atoms with Gasteiger partial charge in [-0.05, 0) is 61.7 Å². The molecule has 4 nitrogen and oxygen atoms in total. The maximum atomic E-state index is 11.0. The predicted molar refractivity (Wildman–Crippen MR) is 96.9 cm³/mol. The molecule has 0 radical (unpaired) electrons. The highest BCUT2D eigenvalue weighted by Gasteiger charge is 2.64. The van der Waals surface area contributed by atoms with Crippen LogP contribution in [0, 0.1) is 39.9 Å². The Morgan fingerprint density at radius 2 is 1.81 bits per heavy atom. The third-order valence-electron chi connectivity index (χ3n) is 9.26. The lowest BCUT2D eigenvalue weighted by Gasteiger charge is -2.59. The largest absolute Gasteiger partial charge is 0.375 e. The monoisotopic (exact) mass is 357 g/mol. The maximum Gasteiger partial charge on any atom is 0.172 e. The third-order valence-corrected chi connectivity index (χ3v) is 9.26. The van der Waals surface area contributed by atoms with Gasteiger partial charge in [-0.1, -0.05) is 25.5 Å². The quantitative estimate of drug-likeness (QED) is 0.527. The Balaban J connectivity index is 1.47. The number of nitrogens with zero attached hydrogens (tertiary/aromatic N) is 1. The van der Waals surface area contributed by atoms with Gasteiger partial charge < -0.3 is 14.6 Å². The van der Waals surface area contributed by atoms with E-state index in [-0.39, 0.29) is 16.6 Å². The Kier molecular flexibility index (Phi) is 3.54. The van der Waals surface area contributed by atoms with Gasteiger partial charge in [-0.15, -0.1) is 0 Å². The second kappa shape index (κ2) is 5.34. The first-order valence-electron chi connectivity index (χ1n) is 10.5. The van der Waals surface area contributed by atoms with Gasteiger partial charge >= 0.3 is 0 Å². The van der Waals surface area contributed by atoms with E-state index < -0.39 is 5.60 Å². The van der Waals surface area contributed by atoms with Gasteiger partial charge in [0.2, 0.25) is 0 Å². The first kappa shape index (κ1) is 17.2. The van der Waals surface area contributed by atoms with E-state index in [1.807, 2.05) is 0 Å². The first-order valence-corrected chi connectivity index (χ1v) is 10.5. The summed E-state index contributed by atoms with van der Waals surface area (Å²) in [5.41, 5.74) is 0.412. The Morgan fingerprint density at radius 1 is 1.08 bits per heavy atom. The van der Waals surface area contributed by atoms with Gasteiger partial charge in [0.15, 0.2) is 11.4 Å². The standard InChI is InChI=1S/C22H31NO3/c1-19-9-10-22(25-11-12-26-22)13-15(19)3-4-16-17(19)5-7-20(2)18(16)6-8-21(20,24)14-23/h3,16-18,24H,4-13H2,1-2H3/t16-,17+,18+,19-,20-,21+/m0/s1. The molecule has 4 heteroatoms. The zero-order chi connectivity index (χ0) is 18.2. The summed E-state index contributed by atoms with van der Waals surface area (Å²) in [6.07, 6.45) is 10.4. The number of hydrogen-bond acceptors (Lipinski definition) is 4. The average Bonchev–Trinajstić information content (AvgIpc) is 3.19. The van der Waals surface area contributed by atoms with Gasteiger partial charge in [0.05, 0.1) is 19.3 Å². The Hall–Kier alpha value is -0.890. The number of aliphatic hydroxyl groups is 1. The van der Waals surface area contributed by atoms with Crippen LogP contribution in [0.4, 0.5) is 0 Å². The first-order chi connectivity index (χ1) is 12.4. The summed E-state index contributed by atoms with van der Waals surface area (Å²) in [6, 6.07) is 2.28. The molecule has 5 aliphatic rings. The molecule has 0 amide bonds. The van der Waals surface area contributed by atoms with Crippen LogP contribution in [0.2, 0.25) is 0 Å². The number of allylic oxidation sites excluding steroid dienone is 1. The van der Waals surface area contributed by atoms with Gasteiger partial charge in [-0.25, -0.2) is 0 Å². The van der Waals surface area contributed by atoms with Crippen molar-refractivity contribution in [1.29, 1.82) is 5.26 Å². The van der Waals surface area contributed by atoms with E-state index in [0.29, 0.717) is 24.2 Å². The lowest BCUT2D eigenvalue weighted by molar-refractivity contribution is -0.186. The van der Waals surface area contributed by atoms with E-state index in [4.69, 9.17) is 9.47 Å². The molecule has 1 saturated heterocycles. The van der Waals surface area contributed by atoms with Crippen LogP contribution in [-0.2, 0) is 9.47 Å². The van der Waals surface area contributed by atoms with Crippen molar-refractivity contribution < 1.29 is 14.6 Å². The fourth-order valence-corrected chi connectivity index (χ4v) is 7.55. The topological polar surface area (TPSA) is 62.5 Å². The SMILES string of the molecule is C[C@]12CCC3(CC1=CC[C@H]1[C@H]2CC[C@@]2(C)[C@@H]1CC[C@@]2(O)C#N)OCCO3. The van der Waals surface area contributed by atoms with E-state index in [0.717, 1.165) is 58.2 Å². The molecule has 6 atom stereocenters. The van der Waals surface area contributed by atoms with Crippen molar-refractivity contribution in [2.75, 3.05) is 13.2 Å². The minimum Gasteiger partial charge on any atom is -0.375 e. The van der Waals surface area contributed by atoms with Gasteiger partial charge in [0.25, 0.3) is 0 Å². The van der Waals surface area contributed by atoms with Gasteiger partial charge in [0, 0.05) is 18.3 Å². The number of rotatable bonds is 0.